The standard InChI is InChI=1S/C14H19O/c1-2-12-8-10-14(11-9-12)15-13-6-4-3-5-7-13/h8-11,13H,1-7H2. The lowest BCUT2D eigenvalue weighted by atomic mass is 9.98. The largest absolute Gasteiger partial charge is 0.490 e. The second kappa shape index (κ2) is 5.20. The quantitative estimate of drug-likeness (QED) is 0.726. The van der Waals surface area contributed by atoms with Gasteiger partial charge in [-0.3, -0.25) is 0 Å². The molecule has 0 unspecified atom stereocenters. The monoisotopic (exact) mass is 203 g/mol. The van der Waals surface area contributed by atoms with E-state index in [1.165, 1.54) is 37.7 Å². The molecule has 1 aromatic carbocycles. The van der Waals surface area contributed by atoms with Gasteiger partial charge >= 0.3 is 0 Å². The Morgan fingerprint density at radius 2 is 1.73 bits per heavy atom. The summed E-state index contributed by atoms with van der Waals surface area (Å²) in [5.41, 5.74) is 1.27. The van der Waals surface area contributed by atoms with Crippen LogP contribution in [0.5, 0.6) is 5.75 Å². The smallest absolute Gasteiger partial charge is 0.119 e. The third-order valence-corrected chi connectivity index (χ3v) is 3.07. The van der Waals surface area contributed by atoms with Crippen LogP contribution in [-0.4, -0.2) is 6.10 Å². The van der Waals surface area contributed by atoms with Gasteiger partial charge in [0, 0.05) is 0 Å². The average Bonchev–Trinajstić information content (AvgIpc) is 2.31. The molecule has 81 valence electrons. The second-order valence-corrected chi connectivity index (χ2v) is 4.27. The molecule has 0 aromatic heterocycles. The van der Waals surface area contributed by atoms with Crippen LogP contribution in [0.1, 0.15) is 37.7 Å². The molecule has 0 aliphatic heterocycles. The molecule has 1 radical (unpaired) electrons. The average molecular weight is 203 g/mol. The van der Waals surface area contributed by atoms with Crippen molar-refractivity contribution in [2.24, 2.45) is 0 Å². The minimum absolute atomic E-state index is 0.448. The van der Waals surface area contributed by atoms with Crippen molar-refractivity contribution in [3.8, 4) is 5.75 Å². The minimum atomic E-state index is 0.448. The zero-order valence-corrected chi connectivity index (χ0v) is 9.24. The number of hydrogen-bond donors (Lipinski definition) is 0. The van der Waals surface area contributed by atoms with E-state index in [9.17, 15) is 0 Å². The summed E-state index contributed by atoms with van der Waals surface area (Å²) >= 11 is 0. The molecule has 1 aromatic rings. The van der Waals surface area contributed by atoms with Gasteiger partial charge < -0.3 is 4.74 Å². The number of benzene rings is 1. The molecule has 0 atom stereocenters. The van der Waals surface area contributed by atoms with Crippen LogP contribution in [0, 0.1) is 6.92 Å². The predicted molar refractivity (Wildman–Crippen MR) is 63.0 cm³/mol. The molecule has 1 heteroatoms. The maximum atomic E-state index is 5.93. The van der Waals surface area contributed by atoms with Gasteiger partial charge in [-0.1, -0.05) is 18.6 Å². The predicted octanol–water partition coefficient (Wildman–Crippen LogP) is 3.77. The Morgan fingerprint density at radius 3 is 2.33 bits per heavy atom. The zero-order chi connectivity index (χ0) is 10.5. The molecule has 15 heavy (non-hydrogen) atoms. The Balaban J connectivity index is 1.91. The lowest BCUT2D eigenvalue weighted by Gasteiger charge is -2.23. The van der Waals surface area contributed by atoms with Crippen molar-refractivity contribution in [1.82, 2.24) is 0 Å². The van der Waals surface area contributed by atoms with Crippen molar-refractivity contribution in [2.45, 2.75) is 44.6 Å². The Labute approximate surface area is 92.5 Å². The fourth-order valence-corrected chi connectivity index (χ4v) is 2.11. The molecule has 0 spiro atoms. The Kier molecular flexibility index (Phi) is 3.65. The molecule has 0 N–H and O–H groups in total. The van der Waals surface area contributed by atoms with E-state index in [-0.39, 0.29) is 0 Å². The van der Waals surface area contributed by atoms with E-state index in [1.807, 2.05) is 0 Å². The van der Waals surface area contributed by atoms with Crippen LogP contribution in [0.25, 0.3) is 0 Å². The van der Waals surface area contributed by atoms with E-state index in [0.717, 1.165) is 12.2 Å². The molecule has 1 aliphatic rings. The van der Waals surface area contributed by atoms with Crippen LogP contribution in [-0.2, 0) is 6.42 Å². The molecule has 1 aliphatic carbocycles. The van der Waals surface area contributed by atoms with Crippen molar-refractivity contribution in [2.75, 3.05) is 0 Å². The first-order valence-electron chi connectivity index (χ1n) is 5.93. The van der Waals surface area contributed by atoms with Crippen molar-refractivity contribution >= 4 is 0 Å². The molecule has 0 bridgehead atoms. The molecule has 1 saturated carbocycles. The van der Waals surface area contributed by atoms with Gasteiger partial charge in [0.15, 0.2) is 0 Å². The first-order valence-corrected chi connectivity index (χ1v) is 5.93. The third kappa shape index (κ3) is 2.98. The van der Waals surface area contributed by atoms with E-state index in [4.69, 9.17) is 4.74 Å². The van der Waals surface area contributed by atoms with Crippen LogP contribution in [0.4, 0.5) is 0 Å². The summed E-state index contributed by atoms with van der Waals surface area (Å²) in [7, 11) is 0. The van der Waals surface area contributed by atoms with E-state index in [2.05, 4.69) is 31.2 Å². The number of ether oxygens (including phenoxy) is 1. The summed E-state index contributed by atoms with van der Waals surface area (Å²) in [6.45, 7) is 3.86. The van der Waals surface area contributed by atoms with Crippen LogP contribution in [0.2, 0.25) is 0 Å². The van der Waals surface area contributed by atoms with E-state index in [0.29, 0.717) is 6.10 Å². The first kappa shape index (κ1) is 10.5. The highest BCUT2D eigenvalue weighted by molar-refractivity contribution is 5.27. The second-order valence-electron chi connectivity index (χ2n) is 4.27. The summed E-state index contributed by atoms with van der Waals surface area (Å²) in [5.74, 6) is 1.01. The number of hydrogen-bond acceptors (Lipinski definition) is 1. The van der Waals surface area contributed by atoms with E-state index >= 15 is 0 Å². The third-order valence-electron chi connectivity index (χ3n) is 3.07. The lowest BCUT2D eigenvalue weighted by molar-refractivity contribution is 0.155. The van der Waals surface area contributed by atoms with Crippen molar-refractivity contribution in [3.63, 3.8) is 0 Å². The molecule has 0 heterocycles. The summed E-state index contributed by atoms with van der Waals surface area (Å²) < 4.78 is 5.93. The maximum absolute atomic E-state index is 5.93. The highest BCUT2D eigenvalue weighted by Gasteiger charge is 2.14. The summed E-state index contributed by atoms with van der Waals surface area (Å²) in [6.07, 6.45) is 7.76. The summed E-state index contributed by atoms with van der Waals surface area (Å²) in [5, 5.41) is 0. The lowest BCUT2D eigenvalue weighted by Crippen LogP contribution is -2.19. The van der Waals surface area contributed by atoms with Crippen LogP contribution in [0.15, 0.2) is 24.3 Å². The molecule has 1 fully saturated rings. The minimum Gasteiger partial charge on any atom is -0.490 e. The van der Waals surface area contributed by atoms with Gasteiger partial charge in [0.1, 0.15) is 5.75 Å². The summed E-state index contributed by atoms with van der Waals surface area (Å²) in [4.78, 5) is 0. The van der Waals surface area contributed by atoms with Gasteiger partial charge in [0.2, 0.25) is 0 Å². The van der Waals surface area contributed by atoms with Gasteiger partial charge in [-0.2, -0.15) is 0 Å². The maximum Gasteiger partial charge on any atom is 0.119 e. The Morgan fingerprint density at radius 1 is 1.07 bits per heavy atom. The molecule has 0 amide bonds. The SMILES string of the molecule is [CH2]Cc1ccc(OC2CCCCC2)cc1. The van der Waals surface area contributed by atoms with Gasteiger partial charge in [-0.05, 0) is 56.7 Å². The molecular weight excluding hydrogens is 184 g/mol. The van der Waals surface area contributed by atoms with Gasteiger partial charge in [-0.25, -0.2) is 0 Å². The van der Waals surface area contributed by atoms with Crippen LogP contribution >= 0.6 is 0 Å². The topological polar surface area (TPSA) is 9.23 Å². The summed E-state index contributed by atoms with van der Waals surface area (Å²) in [6, 6.07) is 8.33. The van der Waals surface area contributed by atoms with Gasteiger partial charge in [-0.15, -0.1) is 0 Å². The first-order chi connectivity index (χ1) is 7.38. The Hall–Kier alpha value is -0.980. The molecule has 0 saturated heterocycles. The molecular formula is C14H19O. The molecule has 1 nitrogen and oxygen atoms in total. The Bertz CT molecular complexity index is 283. The highest BCUT2D eigenvalue weighted by Crippen LogP contribution is 2.23. The fourth-order valence-electron chi connectivity index (χ4n) is 2.11. The van der Waals surface area contributed by atoms with E-state index in [1.54, 1.807) is 0 Å². The fraction of sp³-hybridized carbons (Fsp3) is 0.500. The van der Waals surface area contributed by atoms with Crippen LogP contribution < -0.4 is 4.74 Å². The zero-order valence-electron chi connectivity index (χ0n) is 9.24. The van der Waals surface area contributed by atoms with Crippen molar-refractivity contribution in [1.29, 1.82) is 0 Å². The normalized spacial score (nSPS) is 17.7. The number of rotatable bonds is 3. The van der Waals surface area contributed by atoms with Gasteiger partial charge in [0.05, 0.1) is 6.10 Å². The molecule has 2 rings (SSSR count). The van der Waals surface area contributed by atoms with Gasteiger partial charge in [0.25, 0.3) is 0 Å². The van der Waals surface area contributed by atoms with E-state index < -0.39 is 0 Å². The van der Waals surface area contributed by atoms with Crippen molar-refractivity contribution < 1.29 is 4.74 Å². The van der Waals surface area contributed by atoms with Crippen molar-refractivity contribution in [3.05, 3.63) is 36.8 Å². The highest BCUT2D eigenvalue weighted by atomic mass is 16.5. The van der Waals surface area contributed by atoms with Crippen LogP contribution in [0.3, 0.4) is 0 Å².